The molecule has 2 aromatic carbocycles. The standard InChI is InChI=1S/C17H13NO2/c1-2-17(19)18-14-9-5-4-8-13(14)16-11-12-7-3-6-10-15(12)20-16/h2-11H,1H2,(H,18,19). The Kier molecular flexibility index (Phi) is 3.09. The average Bonchev–Trinajstić information content (AvgIpc) is 2.91. The summed E-state index contributed by atoms with van der Waals surface area (Å²) < 4.78 is 5.83. The van der Waals surface area contributed by atoms with E-state index in [1.54, 1.807) is 0 Å². The highest BCUT2D eigenvalue weighted by molar-refractivity contribution is 6.01. The van der Waals surface area contributed by atoms with Crippen molar-refractivity contribution in [1.29, 1.82) is 0 Å². The topological polar surface area (TPSA) is 42.2 Å². The zero-order chi connectivity index (χ0) is 13.9. The maximum atomic E-state index is 11.5. The van der Waals surface area contributed by atoms with E-state index in [1.165, 1.54) is 6.08 Å². The molecule has 0 aliphatic heterocycles. The van der Waals surface area contributed by atoms with Crippen LogP contribution >= 0.6 is 0 Å². The fourth-order valence-corrected chi connectivity index (χ4v) is 2.11. The lowest BCUT2D eigenvalue weighted by Gasteiger charge is -2.07. The molecule has 3 heteroatoms. The molecule has 3 rings (SSSR count). The molecule has 1 heterocycles. The smallest absolute Gasteiger partial charge is 0.247 e. The predicted octanol–water partition coefficient (Wildman–Crippen LogP) is 4.22. The van der Waals surface area contributed by atoms with Crippen LogP contribution in [0.3, 0.4) is 0 Å². The summed E-state index contributed by atoms with van der Waals surface area (Å²) in [6.45, 7) is 3.46. The number of benzene rings is 2. The summed E-state index contributed by atoms with van der Waals surface area (Å²) in [7, 11) is 0. The van der Waals surface area contributed by atoms with Gasteiger partial charge in [-0.1, -0.05) is 36.9 Å². The molecule has 0 aliphatic rings. The van der Waals surface area contributed by atoms with Gasteiger partial charge in [-0.05, 0) is 30.3 Å². The van der Waals surface area contributed by atoms with E-state index < -0.39 is 0 Å². The Morgan fingerprint density at radius 2 is 1.85 bits per heavy atom. The Bertz CT molecular complexity index is 753. The van der Waals surface area contributed by atoms with Crippen LogP contribution in [0.4, 0.5) is 5.69 Å². The van der Waals surface area contributed by atoms with Gasteiger partial charge in [-0.15, -0.1) is 0 Å². The lowest BCUT2D eigenvalue weighted by Crippen LogP contribution is -2.08. The van der Waals surface area contributed by atoms with Crippen LogP contribution in [-0.4, -0.2) is 5.91 Å². The minimum atomic E-state index is -0.242. The van der Waals surface area contributed by atoms with E-state index >= 15 is 0 Å². The number of fused-ring (bicyclic) bond motifs is 1. The van der Waals surface area contributed by atoms with Crippen molar-refractivity contribution in [2.45, 2.75) is 0 Å². The zero-order valence-corrected chi connectivity index (χ0v) is 10.8. The first kappa shape index (κ1) is 12.2. The van der Waals surface area contributed by atoms with E-state index in [0.717, 1.165) is 22.3 Å². The number of carbonyl (C=O) groups is 1. The maximum absolute atomic E-state index is 11.5. The number of hydrogen-bond acceptors (Lipinski definition) is 2. The molecule has 1 aromatic heterocycles. The Morgan fingerprint density at radius 1 is 1.10 bits per heavy atom. The van der Waals surface area contributed by atoms with Crippen LogP contribution in [0.15, 0.2) is 71.7 Å². The van der Waals surface area contributed by atoms with Crippen molar-refractivity contribution >= 4 is 22.6 Å². The second-order valence-electron chi connectivity index (χ2n) is 4.39. The van der Waals surface area contributed by atoms with Crippen molar-refractivity contribution in [3.05, 3.63) is 67.3 Å². The molecule has 0 fully saturated rings. The van der Waals surface area contributed by atoms with Gasteiger partial charge < -0.3 is 9.73 Å². The number of hydrogen-bond donors (Lipinski definition) is 1. The van der Waals surface area contributed by atoms with Gasteiger partial charge in [0.25, 0.3) is 0 Å². The van der Waals surface area contributed by atoms with Crippen LogP contribution in [0.1, 0.15) is 0 Å². The number of nitrogens with one attached hydrogen (secondary N) is 1. The van der Waals surface area contributed by atoms with E-state index in [1.807, 2.05) is 54.6 Å². The molecular weight excluding hydrogens is 250 g/mol. The molecule has 0 aliphatic carbocycles. The van der Waals surface area contributed by atoms with Gasteiger partial charge in [0.2, 0.25) is 5.91 Å². The molecule has 0 unspecified atom stereocenters. The fourth-order valence-electron chi connectivity index (χ4n) is 2.11. The van der Waals surface area contributed by atoms with Gasteiger partial charge in [-0.3, -0.25) is 4.79 Å². The largest absolute Gasteiger partial charge is 0.456 e. The normalized spacial score (nSPS) is 10.4. The minimum absolute atomic E-state index is 0.242. The van der Waals surface area contributed by atoms with Crippen LogP contribution in [0, 0.1) is 0 Å². The molecule has 3 aromatic rings. The number of para-hydroxylation sites is 2. The van der Waals surface area contributed by atoms with Crippen LogP contribution in [-0.2, 0) is 4.79 Å². The van der Waals surface area contributed by atoms with Crippen molar-refractivity contribution in [1.82, 2.24) is 0 Å². The van der Waals surface area contributed by atoms with E-state index in [4.69, 9.17) is 4.42 Å². The molecule has 0 atom stereocenters. The van der Waals surface area contributed by atoms with Gasteiger partial charge in [0.1, 0.15) is 11.3 Å². The highest BCUT2D eigenvalue weighted by atomic mass is 16.3. The van der Waals surface area contributed by atoms with Gasteiger partial charge >= 0.3 is 0 Å². The summed E-state index contributed by atoms with van der Waals surface area (Å²) in [6, 6.07) is 17.3. The quantitative estimate of drug-likeness (QED) is 0.719. The molecule has 20 heavy (non-hydrogen) atoms. The first-order valence-corrected chi connectivity index (χ1v) is 6.29. The molecule has 98 valence electrons. The summed E-state index contributed by atoms with van der Waals surface area (Å²) in [6.07, 6.45) is 1.25. The van der Waals surface area contributed by atoms with Crippen molar-refractivity contribution in [2.75, 3.05) is 5.32 Å². The fraction of sp³-hybridized carbons (Fsp3) is 0. The lowest BCUT2D eigenvalue weighted by atomic mass is 10.1. The second-order valence-corrected chi connectivity index (χ2v) is 4.39. The van der Waals surface area contributed by atoms with Gasteiger partial charge in [-0.25, -0.2) is 0 Å². The van der Waals surface area contributed by atoms with E-state index in [0.29, 0.717) is 5.69 Å². The summed E-state index contributed by atoms with van der Waals surface area (Å²) in [5, 5.41) is 3.82. The van der Waals surface area contributed by atoms with Crippen molar-refractivity contribution < 1.29 is 9.21 Å². The third kappa shape index (κ3) is 2.21. The predicted molar refractivity (Wildman–Crippen MR) is 80.5 cm³/mol. The molecular formula is C17H13NO2. The Morgan fingerprint density at radius 3 is 2.65 bits per heavy atom. The van der Waals surface area contributed by atoms with E-state index in [-0.39, 0.29) is 5.91 Å². The Balaban J connectivity index is 2.09. The molecule has 0 spiro atoms. The number of anilines is 1. The van der Waals surface area contributed by atoms with Crippen LogP contribution < -0.4 is 5.32 Å². The summed E-state index contributed by atoms with van der Waals surface area (Å²) in [5.74, 6) is 0.486. The number of furan rings is 1. The number of amides is 1. The van der Waals surface area contributed by atoms with Crippen molar-refractivity contribution in [3.63, 3.8) is 0 Å². The zero-order valence-electron chi connectivity index (χ0n) is 10.8. The van der Waals surface area contributed by atoms with Crippen LogP contribution in [0.25, 0.3) is 22.3 Å². The van der Waals surface area contributed by atoms with Crippen LogP contribution in [0.5, 0.6) is 0 Å². The minimum Gasteiger partial charge on any atom is -0.456 e. The van der Waals surface area contributed by atoms with Crippen molar-refractivity contribution in [3.8, 4) is 11.3 Å². The SMILES string of the molecule is C=CC(=O)Nc1ccccc1-c1cc2ccccc2o1. The molecule has 1 N–H and O–H groups in total. The highest BCUT2D eigenvalue weighted by Gasteiger charge is 2.11. The monoisotopic (exact) mass is 263 g/mol. The maximum Gasteiger partial charge on any atom is 0.247 e. The third-order valence-electron chi connectivity index (χ3n) is 3.06. The van der Waals surface area contributed by atoms with E-state index in [9.17, 15) is 4.79 Å². The Labute approximate surface area is 116 Å². The average molecular weight is 263 g/mol. The number of carbonyl (C=O) groups excluding carboxylic acids is 1. The summed E-state index contributed by atoms with van der Waals surface area (Å²) >= 11 is 0. The van der Waals surface area contributed by atoms with Gasteiger partial charge in [0, 0.05) is 10.9 Å². The molecule has 0 saturated heterocycles. The van der Waals surface area contributed by atoms with E-state index in [2.05, 4.69) is 11.9 Å². The summed E-state index contributed by atoms with van der Waals surface area (Å²) in [5.41, 5.74) is 2.38. The van der Waals surface area contributed by atoms with Gasteiger partial charge in [-0.2, -0.15) is 0 Å². The highest BCUT2D eigenvalue weighted by Crippen LogP contribution is 2.32. The lowest BCUT2D eigenvalue weighted by molar-refractivity contribution is -0.111. The molecule has 0 saturated carbocycles. The summed E-state index contributed by atoms with van der Waals surface area (Å²) in [4.78, 5) is 11.5. The first-order chi connectivity index (χ1) is 9.78. The number of rotatable bonds is 3. The second kappa shape index (κ2) is 5.05. The molecule has 3 nitrogen and oxygen atoms in total. The molecule has 1 amide bonds. The molecule has 0 radical (unpaired) electrons. The Hall–Kier alpha value is -2.81. The third-order valence-corrected chi connectivity index (χ3v) is 3.06. The van der Waals surface area contributed by atoms with Gasteiger partial charge in [0.15, 0.2) is 0 Å². The first-order valence-electron chi connectivity index (χ1n) is 6.29. The molecule has 0 bridgehead atoms. The van der Waals surface area contributed by atoms with Crippen molar-refractivity contribution in [2.24, 2.45) is 0 Å². The van der Waals surface area contributed by atoms with Gasteiger partial charge in [0.05, 0.1) is 5.69 Å². The van der Waals surface area contributed by atoms with Crippen LogP contribution in [0.2, 0.25) is 0 Å².